The molecule has 0 atom stereocenters. The van der Waals surface area contributed by atoms with Crippen LogP contribution < -0.4 is 10.6 Å². The Hall–Kier alpha value is -3.22. The fourth-order valence-corrected chi connectivity index (χ4v) is 2.36. The summed E-state index contributed by atoms with van der Waals surface area (Å²) in [6.45, 7) is 2.15. The fourth-order valence-electron chi connectivity index (χ4n) is 2.36. The Balaban J connectivity index is 1.62. The van der Waals surface area contributed by atoms with Gasteiger partial charge in [-0.2, -0.15) is 0 Å². The van der Waals surface area contributed by atoms with E-state index in [4.69, 9.17) is 4.42 Å². The number of hydrogen-bond acceptors (Lipinski definition) is 5. The number of aryl methyl sites for hydroxylation is 1. The van der Waals surface area contributed by atoms with Crippen LogP contribution in [0.4, 0.5) is 21.8 Å². The van der Waals surface area contributed by atoms with Gasteiger partial charge in [0.25, 0.3) is 0 Å². The molecule has 1 aromatic heterocycles. The number of para-hydroxylation sites is 1. The molecule has 6 nitrogen and oxygen atoms in total. The van der Waals surface area contributed by atoms with Crippen molar-refractivity contribution in [1.82, 2.24) is 10.2 Å². The molecule has 2 N–H and O–H groups in total. The number of hydrogen-bond donors (Lipinski definition) is 2. The molecule has 0 spiro atoms. The van der Waals surface area contributed by atoms with E-state index >= 15 is 0 Å². The number of anilines is 3. The number of nitrogens with one attached hydrogen (secondary N) is 2. The molecule has 0 saturated carbocycles. The van der Waals surface area contributed by atoms with Crippen molar-refractivity contribution < 1.29 is 13.6 Å². The topological polar surface area (TPSA) is 80.0 Å². The monoisotopic (exact) mass is 354 g/mol. The first-order chi connectivity index (χ1) is 12.7. The first kappa shape index (κ1) is 17.6. The molecule has 0 aliphatic carbocycles. The second-order valence-electron chi connectivity index (χ2n) is 5.77. The summed E-state index contributed by atoms with van der Waals surface area (Å²) < 4.78 is 18.8. The Morgan fingerprint density at radius 2 is 1.88 bits per heavy atom. The van der Waals surface area contributed by atoms with E-state index in [1.54, 1.807) is 12.1 Å². The molecule has 7 heteroatoms. The molecule has 1 amide bonds. The van der Waals surface area contributed by atoms with Gasteiger partial charge >= 0.3 is 17.8 Å². The van der Waals surface area contributed by atoms with Gasteiger partial charge in [-0.1, -0.05) is 42.7 Å². The van der Waals surface area contributed by atoms with E-state index in [9.17, 15) is 9.18 Å². The Morgan fingerprint density at radius 3 is 2.62 bits per heavy atom. The van der Waals surface area contributed by atoms with Gasteiger partial charge in [-0.25, -0.2) is 4.39 Å². The Kier molecular flexibility index (Phi) is 5.58. The van der Waals surface area contributed by atoms with E-state index in [0.717, 1.165) is 19.3 Å². The summed E-state index contributed by atoms with van der Waals surface area (Å²) in [7, 11) is 0. The summed E-state index contributed by atoms with van der Waals surface area (Å²) >= 11 is 0. The van der Waals surface area contributed by atoms with Gasteiger partial charge in [-0.15, -0.1) is 5.10 Å². The minimum atomic E-state index is -0.527. The lowest BCUT2D eigenvalue weighted by Crippen LogP contribution is -2.12. The molecule has 0 aliphatic rings. The zero-order chi connectivity index (χ0) is 18.4. The molecule has 0 aliphatic heterocycles. The van der Waals surface area contributed by atoms with Crippen molar-refractivity contribution >= 4 is 23.3 Å². The summed E-state index contributed by atoms with van der Waals surface area (Å²) in [4.78, 5) is 12.2. The number of amides is 1. The highest BCUT2D eigenvalue weighted by Gasteiger charge is 2.16. The number of nitrogens with zero attached hydrogens (tertiary/aromatic N) is 2. The van der Waals surface area contributed by atoms with Crippen LogP contribution in [-0.4, -0.2) is 16.1 Å². The van der Waals surface area contributed by atoms with Crippen molar-refractivity contribution in [3.05, 3.63) is 65.8 Å². The summed E-state index contributed by atoms with van der Waals surface area (Å²) in [5.41, 5.74) is 2.04. The van der Waals surface area contributed by atoms with E-state index in [-0.39, 0.29) is 17.6 Å². The van der Waals surface area contributed by atoms with Gasteiger partial charge in [0.1, 0.15) is 5.82 Å². The molecule has 3 aromatic rings. The predicted molar refractivity (Wildman–Crippen MR) is 97.0 cm³/mol. The molecule has 0 radical (unpaired) electrons. The number of carbonyl (C=O) groups is 1. The SMILES string of the molecule is CCCCc1ccc(NC(=O)c2nnc(Nc3ccccc3F)o2)cc1. The van der Waals surface area contributed by atoms with Crippen LogP contribution in [0.2, 0.25) is 0 Å². The first-order valence-electron chi connectivity index (χ1n) is 8.41. The molecule has 0 fully saturated rings. The van der Waals surface area contributed by atoms with Crippen LogP contribution in [0.15, 0.2) is 52.9 Å². The predicted octanol–water partition coefficient (Wildman–Crippen LogP) is 4.55. The van der Waals surface area contributed by atoms with E-state index in [1.807, 2.05) is 24.3 Å². The molecule has 3 rings (SSSR count). The quantitative estimate of drug-likeness (QED) is 0.651. The second-order valence-corrected chi connectivity index (χ2v) is 5.77. The normalized spacial score (nSPS) is 10.5. The number of carbonyl (C=O) groups excluding carboxylic acids is 1. The highest BCUT2D eigenvalue weighted by Crippen LogP contribution is 2.19. The van der Waals surface area contributed by atoms with Crippen molar-refractivity contribution in [3.63, 3.8) is 0 Å². The van der Waals surface area contributed by atoms with E-state index < -0.39 is 11.7 Å². The minimum Gasteiger partial charge on any atom is -0.399 e. The van der Waals surface area contributed by atoms with Crippen molar-refractivity contribution in [2.45, 2.75) is 26.2 Å². The Labute approximate surface area is 150 Å². The summed E-state index contributed by atoms with van der Waals surface area (Å²) in [5.74, 6) is -1.20. The molecule has 0 bridgehead atoms. The molecule has 26 heavy (non-hydrogen) atoms. The molecular formula is C19H19FN4O2. The van der Waals surface area contributed by atoms with Crippen LogP contribution in [0.3, 0.4) is 0 Å². The highest BCUT2D eigenvalue weighted by molar-refractivity contribution is 6.00. The van der Waals surface area contributed by atoms with Gasteiger partial charge in [-0.3, -0.25) is 4.79 Å². The standard InChI is InChI=1S/C19H19FN4O2/c1-2-3-6-13-9-11-14(12-10-13)21-17(25)18-23-24-19(26-18)22-16-8-5-4-7-15(16)20/h4-5,7-12H,2-3,6H2,1H3,(H,21,25)(H,22,24). The number of aromatic nitrogens is 2. The molecule has 0 unspecified atom stereocenters. The molecular weight excluding hydrogens is 335 g/mol. The zero-order valence-corrected chi connectivity index (χ0v) is 14.3. The highest BCUT2D eigenvalue weighted by atomic mass is 19.1. The third-order valence-corrected chi connectivity index (χ3v) is 3.77. The average molecular weight is 354 g/mol. The maximum atomic E-state index is 13.6. The number of unbranched alkanes of at least 4 members (excludes halogenated alkanes) is 1. The van der Waals surface area contributed by atoms with Gasteiger partial charge in [0.15, 0.2) is 0 Å². The van der Waals surface area contributed by atoms with Gasteiger partial charge in [0, 0.05) is 5.69 Å². The number of benzene rings is 2. The van der Waals surface area contributed by atoms with Gasteiger partial charge in [0.05, 0.1) is 5.69 Å². The first-order valence-corrected chi connectivity index (χ1v) is 8.41. The second kappa shape index (κ2) is 8.24. The third-order valence-electron chi connectivity index (χ3n) is 3.77. The van der Waals surface area contributed by atoms with E-state index in [1.165, 1.54) is 17.7 Å². The van der Waals surface area contributed by atoms with Gasteiger partial charge < -0.3 is 15.1 Å². The molecule has 1 heterocycles. The van der Waals surface area contributed by atoms with Gasteiger partial charge in [-0.05, 0) is 42.7 Å². The van der Waals surface area contributed by atoms with Crippen LogP contribution >= 0.6 is 0 Å². The maximum Gasteiger partial charge on any atom is 0.320 e. The van der Waals surface area contributed by atoms with Crippen molar-refractivity contribution in [2.24, 2.45) is 0 Å². The molecule has 0 saturated heterocycles. The number of halogens is 1. The molecule has 134 valence electrons. The van der Waals surface area contributed by atoms with Crippen LogP contribution in [-0.2, 0) is 6.42 Å². The lowest BCUT2D eigenvalue weighted by molar-refractivity contribution is 0.0991. The number of rotatable bonds is 7. The zero-order valence-electron chi connectivity index (χ0n) is 14.3. The third kappa shape index (κ3) is 4.44. The lowest BCUT2D eigenvalue weighted by Gasteiger charge is -2.04. The van der Waals surface area contributed by atoms with Crippen LogP contribution in [0.5, 0.6) is 0 Å². The van der Waals surface area contributed by atoms with Crippen molar-refractivity contribution in [1.29, 1.82) is 0 Å². The largest absolute Gasteiger partial charge is 0.399 e. The summed E-state index contributed by atoms with van der Waals surface area (Å²) in [5, 5.41) is 12.7. The van der Waals surface area contributed by atoms with Crippen LogP contribution in [0.1, 0.15) is 36.0 Å². The fraction of sp³-hybridized carbons (Fsp3) is 0.211. The Bertz CT molecular complexity index is 877. The maximum absolute atomic E-state index is 13.6. The molecule has 2 aromatic carbocycles. The average Bonchev–Trinajstić information content (AvgIpc) is 3.12. The lowest BCUT2D eigenvalue weighted by atomic mass is 10.1. The van der Waals surface area contributed by atoms with Crippen LogP contribution in [0, 0.1) is 5.82 Å². The van der Waals surface area contributed by atoms with E-state index in [0.29, 0.717) is 5.69 Å². The van der Waals surface area contributed by atoms with Crippen molar-refractivity contribution in [2.75, 3.05) is 10.6 Å². The smallest absolute Gasteiger partial charge is 0.320 e. The summed E-state index contributed by atoms with van der Waals surface area (Å²) in [6, 6.07) is 13.6. The van der Waals surface area contributed by atoms with Crippen LogP contribution in [0.25, 0.3) is 0 Å². The Morgan fingerprint density at radius 1 is 1.12 bits per heavy atom. The minimum absolute atomic E-state index is 0.0600. The summed E-state index contributed by atoms with van der Waals surface area (Å²) in [6.07, 6.45) is 3.28. The van der Waals surface area contributed by atoms with Gasteiger partial charge in [0.2, 0.25) is 0 Å². The van der Waals surface area contributed by atoms with E-state index in [2.05, 4.69) is 27.8 Å². The van der Waals surface area contributed by atoms with Crippen molar-refractivity contribution in [3.8, 4) is 0 Å².